The normalized spacial score (nSPS) is 14.0. The van der Waals surface area contributed by atoms with Crippen molar-refractivity contribution >= 4 is 40.0 Å². The summed E-state index contributed by atoms with van der Waals surface area (Å²) >= 11 is 5.97. The van der Waals surface area contributed by atoms with Gasteiger partial charge in [0.1, 0.15) is 5.69 Å². The van der Waals surface area contributed by atoms with Gasteiger partial charge in [-0.2, -0.15) is 0 Å². The van der Waals surface area contributed by atoms with E-state index in [4.69, 9.17) is 11.6 Å². The first-order valence-electron chi connectivity index (χ1n) is 8.59. The van der Waals surface area contributed by atoms with Gasteiger partial charge in [0.25, 0.3) is 11.8 Å². The molecular weight excluding hydrogens is 350 g/mol. The third-order valence-corrected chi connectivity index (χ3v) is 4.85. The Morgan fingerprint density at radius 2 is 1.73 bits per heavy atom. The maximum Gasteiger partial charge on any atom is 0.272 e. The van der Waals surface area contributed by atoms with Crippen molar-refractivity contribution in [3.63, 3.8) is 0 Å². The Morgan fingerprint density at radius 1 is 1.00 bits per heavy atom. The molecule has 1 aliphatic rings. The second kappa shape index (κ2) is 6.84. The van der Waals surface area contributed by atoms with Crippen LogP contribution in [-0.4, -0.2) is 34.8 Å². The van der Waals surface area contributed by atoms with E-state index in [1.807, 2.05) is 11.0 Å². The minimum atomic E-state index is -0.240. The van der Waals surface area contributed by atoms with Crippen molar-refractivity contribution in [2.45, 2.75) is 12.8 Å². The number of aromatic nitrogens is 1. The van der Waals surface area contributed by atoms with Gasteiger partial charge in [-0.05, 0) is 55.3 Å². The number of carbonyl (C=O) groups excluding carboxylic acids is 2. The molecule has 2 heterocycles. The lowest BCUT2D eigenvalue weighted by Gasteiger charge is -2.15. The molecule has 6 heteroatoms. The van der Waals surface area contributed by atoms with Crippen molar-refractivity contribution in [3.8, 4) is 0 Å². The fourth-order valence-electron chi connectivity index (χ4n) is 3.22. The second-order valence-electron chi connectivity index (χ2n) is 6.45. The van der Waals surface area contributed by atoms with Gasteiger partial charge in [-0.1, -0.05) is 17.7 Å². The predicted octanol–water partition coefficient (Wildman–Crippen LogP) is 4.31. The molecule has 0 radical (unpaired) electrons. The molecule has 1 saturated heterocycles. The highest BCUT2D eigenvalue weighted by Gasteiger charge is 2.19. The number of hydrogen-bond acceptors (Lipinski definition) is 2. The molecule has 5 nitrogen and oxygen atoms in total. The SMILES string of the molecule is O=C(Nc1ccc(C(=O)N2CCCC2)cc1)c1cc2ccc(Cl)cc2[nH]1. The van der Waals surface area contributed by atoms with E-state index in [2.05, 4.69) is 10.3 Å². The molecule has 0 saturated carbocycles. The largest absolute Gasteiger partial charge is 0.350 e. The maximum atomic E-state index is 12.4. The third kappa shape index (κ3) is 3.30. The molecule has 0 unspecified atom stereocenters. The van der Waals surface area contributed by atoms with E-state index < -0.39 is 0 Å². The van der Waals surface area contributed by atoms with Crippen molar-refractivity contribution in [1.82, 2.24) is 9.88 Å². The summed E-state index contributed by atoms with van der Waals surface area (Å²) in [7, 11) is 0. The van der Waals surface area contributed by atoms with Gasteiger partial charge in [-0.3, -0.25) is 9.59 Å². The molecule has 1 fully saturated rings. The molecule has 0 aliphatic carbocycles. The molecule has 26 heavy (non-hydrogen) atoms. The molecular formula is C20H18ClN3O2. The molecule has 132 valence electrons. The molecule has 0 atom stereocenters. The van der Waals surface area contributed by atoms with Crippen LogP contribution in [0.4, 0.5) is 5.69 Å². The summed E-state index contributed by atoms with van der Waals surface area (Å²) in [6, 6.07) is 14.2. The number of anilines is 1. The number of benzene rings is 2. The van der Waals surface area contributed by atoms with Crippen LogP contribution >= 0.6 is 11.6 Å². The molecule has 0 spiro atoms. The fraction of sp³-hybridized carbons (Fsp3) is 0.200. The first-order valence-corrected chi connectivity index (χ1v) is 8.97. The quantitative estimate of drug-likeness (QED) is 0.724. The highest BCUT2D eigenvalue weighted by Crippen LogP contribution is 2.21. The lowest BCUT2D eigenvalue weighted by molar-refractivity contribution is 0.0792. The van der Waals surface area contributed by atoms with Gasteiger partial charge in [-0.15, -0.1) is 0 Å². The van der Waals surface area contributed by atoms with E-state index in [-0.39, 0.29) is 11.8 Å². The maximum absolute atomic E-state index is 12.4. The predicted molar refractivity (Wildman–Crippen MR) is 103 cm³/mol. The summed E-state index contributed by atoms with van der Waals surface area (Å²) in [5.74, 6) is -0.191. The zero-order valence-corrected chi connectivity index (χ0v) is 14.8. The van der Waals surface area contributed by atoms with Crippen LogP contribution in [0, 0.1) is 0 Å². The number of fused-ring (bicyclic) bond motifs is 1. The molecule has 2 aromatic carbocycles. The van der Waals surface area contributed by atoms with E-state index in [1.165, 1.54) is 0 Å². The highest BCUT2D eigenvalue weighted by molar-refractivity contribution is 6.31. The summed E-state index contributed by atoms with van der Waals surface area (Å²) < 4.78 is 0. The average molecular weight is 368 g/mol. The van der Waals surface area contributed by atoms with Gasteiger partial charge in [0.05, 0.1) is 0 Å². The Kier molecular flexibility index (Phi) is 4.39. The first-order chi connectivity index (χ1) is 12.6. The standard InChI is InChI=1S/C20H18ClN3O2/c21-15-6-3-14-11-18(23-17(14)12-15)19(25)22-16-7-4-13(5-8-16)20(26)24-9-1-2-10-24/h3-8,11-12,23H,1-2,9-10H2,(H,22,25). The monoisotopic (exact) mass is 367 g/mol. The van der Waals surface area contributed by atoms with Crippen molar-refractivity contribution in [2.24, 2.45) is 0 Å². The number of H-pyrrole nitrogens is 1. The average Bonchev–Trinajstić information content (AvgIpc) is 3.31. The van der Waals surface area contributed by atoms with Crippen LogP contribution in [0.2, 0.25) is 5.02 Å². The molecule has 1 aliphatic heterocycles. The van der Waals surface area contributed by atoms with E-state index in [9.17, 15) is 9.59 Å². The molecule has 4 rings (SSSR count). The number of carbonyl (C=O) groups is 2. The van der Waals surface area contributed by atoms with Gasteiger partial charge >= 0.3 is 0 Å². The molecule has 2 amide bonds. The second-order valence-corrected chi connectivity index (χ2v) is 6.88. The topological polar surface area (TPSA) is 65.2 Å². The zero-order chi connectivity index (χ0) is 18.1. The Hall–Kier alpha value is -2.79. The number of aromatic amines is 1. The number of nitrogens with one attached hydrogen (secondary N) is 2. The number of halogens is 1. The van der Waals surface area contributed by atoms with Crippen molar-refractivity contribution < 1.29 is 9.59 Å². The lowest BCUT2D eigenvalue weighted by atomic mass is 10.2. The molecule has 3 aromatic rings. The van der Waals surface area contributed by atoms with Gasteiger partial charge in [0.15, 0.2) is 0 Å². The van der Waals surface area contributed by atoms with Gasteiger partial charge < -0.3 is 15.2 Å². The highest BCUT2D eigenvalue weighted by atomic mass is 35.5. The van der Waals surface area contributed by atoms with Gasteiger partial charge in [0.2, 0.25) is 0 Å². The van der Waals surface area contributed by atoms with Crippen LogP contribution in [0.15, 0.2) is 48.5 Å². The molecule has 2 N–H and O–H groups in total. The smallest absolute Gasteiger partial charge is 0.272 e. The third-order valence-electron chi connectivity index (χ3n) is 4.61. The Balaban J connectivity index is 1.47. The first kappa shape index (κ1) is 16.7. The van der Waals surface area contributed by atoms with Crippen LogP contribution in [-0.2, 0) is 0 Å². The van der Waals surface area contributed by atoms with Crippen molar-refractivity contribution in [2.75, 3.05) is 18.4 Å². The Labute approximate surface area is 155 Å². The van der Waals surface area contributed by atoms with Gasteiger partial charge in [0, 0.05) is 40.3 Å². The Morgan fingerprint density at radius 3 is 2.46 bits per heavy atom. The van der Waals surface area contributed by atoms with Crippen LogP contribution in [0.25, 0.3) is 10.9 Å². The number of amides is 2. The minimum Gasteiger partial charge on any atom is -0.350 e. The van der Waals surface area contributed by atoms with E-state index in [1.54, 1.807) is 42.5 Å². The Bertz CT molecular complexity index is 972. The van der Waals surface area contributed by atoms with Gasteiger partial charge in [-0.25, -0.2) is 0 Å². The summed E-state index contributed by atoms with van der Waals surface area (Å²) in [6.45, 7) is 1.64. The summed E-state index contributed by atoms with van der Waals surface area (Å²) in [5, 5.41) is 4.38. The van der Waals surface area contributed by atoms with E-state index >= 15 is 0 Å². The molecule has 1 aromatic heterocycles. The number of likely N-dealkylation sites (tertiary alicyclic amines) is 1. The summed E-state index contributed by atoms with van der Waals surface area (Å²) in [5.41, 5.74) is 2.56. The summed E-state index contributed by atoms with van der Waals surface area (Å²) in [6.07, 6.45) is 2.13. The van der Waals surface area contributed by atoms with Crippen molar-refractivity contribution in [3.05, 3.63) is 64.8 Å². The summed E-state index contributed by atoms with van der Waals surface area (Å²) in [4.78, 5) is 29.7. The molecule has 0 bridgehead atoms. The van der Waals surface area contributed by atoms with E-state index in [0.29, 0.717) is 22.0 Å². The lowest BCUT2D eigenvalue weighted by Crippen LogP contribution is -2.27. The van der Waals surface area contributed by atoms with Crippen molar-refractivity contribution in [1.29, 1.82) is 0 Å². The minimum absolute atomic E-state index is 0.0490. The zero-order valence-electron chi connectivity index (χ0n) is 14.1. The van der Waals surface area contributed by atoms with Crippen LogP contribution in [0.3, 0.4) is 0 Å². The van der Waals surface area contributed by atoms with Crippen LogP contribution < -0.4 is 5.32 Å². The van der Waals surface area contributed by atoms with Crippen LogP contribution in [0.1, 0.15) is 33.7 Å². The number of hydrogen-bond donors (Lipinski definition) is 2. The van der Waals surface area contributed by atoms with Crippen LogP contribution in [0.5, 0.6) is 0 Å². The number of nitrogens with zero attached hydrogens (tertiary/aromatic N) is 1. The van der Waals surface area contributed by atoms with E-state index in [0.717, 1.165) is 36.8 Å². The fourth-order valence-corrected chi connectivity index (χ4v) is 3.39. The number of rotatable bonds is 3.